The van der Waals surface area contributed by atoms with Crippen molar-refractivity contribution in [2.45, 2.75) is 26.9 Å². The van der Waals surface area contributed by atoms with E-state index >= 15 is 0 Å². The number of nitrogens with zero attached hydrogens (tertiary/aromatic N) is 2. The zero-order valence-corrected chi connectivity index (χ0v) is 9.69. The lowest BCUT2D eigenvalue weighted by Crippen LogP contribution is -2.12. The fraction of sp³-hybridized carbons (Fsp3) is 0.600. The van der Waals surface area contributed by atoms with Crippen molar-refractivity contribution in [1.82, 2.24) is 9.97 Å². The van der Waals surface area contributed by atoms with Gasteiger partial charge in [-0.1, -0.05) is 6.92 Å². The van der Waals surface area contributed by atoms with Crippen LogP contribution in [0.15, 0.2) is 6.07 Å². The number of nitrogens with one attached hydrogen (secondary N) is 1. The molecular weight excluding hydrogens is 208 g/mol. The van der Waals surface area contributed by atoms with Gasteiger partial charge in [0.05, 0.1) is 6.61 Å². The van der Waals surface area contributed by atoms with Crippen LogP contribution in [0.1, 0.15) is 26.1 Å². The van der Waals surface area contributed by atoms with Gasteiger partial charge in [-0.25, -0.2) is 10.8 Å². The first-order valence-corrected chi connectivity index (χ1v) is 5.35. The predicted octanol–water partition coefficient (Wildman–Crippen LogP) is 1.09. The molecule has 0 bridgehead atoms. The van der Waals surface area contributed by atoms with Crippen LogP contribution in [-0.4, -0.2) is 23.2 Å². The minimum atomic E-state index is 0.356. The number of ether oxygens (including phenoxy) is 2. The zero-order chi connectivity index (χ0) is 11.8. The van der Waals surface area contributed by atoms with Crippen molar-refractivity contribution in [2.24, 2.45) is 5.84 Å². The molecule has 1 aromatic heterocycles. The second-order valence-electron chi connectivity index (χ2n) is 3.14. The smallest absolute Gasteiger partial charge is 0.218 e. The molecule has 0 atom stereocenters. The molecule has 1 aromatic rings. The van der Waals surface area contributed by atoms with E-state index in [1.165, 1.54) is 0 Å². The van der Waals surface area contributed by atoms with Crippen LogP contribution in [0.3, 0.4) is 0 Å². The van der Waals surface area contributed by atoms with E-state index in [9.17, 15) is 0 Å². The quantitative estimate of drug-likeness (QED) is 0.535. The van der Waals surface area contributed by atoms with E-state index in [0.717, 1.165) is 6.42 Å². The Hall–Kier alpha value is -1.40. The SMILES string of the molecule is CCCOc1cc(NN)nc(COCC)n1. The first-order chi connectivity index (χ1) is 7.80. The number of hydrazine groups is 1. The molecule has 1 rings (SSSR count). The molecule has 6 nitrogen and oxygen atoms in total. The van der Waals surface area contributed by atoms with Gasteiger partial charge in [-0.15, -0.1) is 0 Å². The highest BCUT2D eigenvalue weighted by Crippen LogP contribution is 2.13. The molecule has 0 spiro atoms. The largest absolute Gasteiger partial charge is 0.478 e. The van der Waals surface area contributed by atoms with Crippen molar-refractivity contribution in [3.63, 3.8) is 0 Å². The van der Waals surface area contributed by atoms with Gasteiger partial charge in [0.25, 0.3) is 0 Å². The van der Waals surface area contributed by atoms with Crippen LogP contribution in [0.25, 0.3) is 0 Å². The topological polar surface area (TPSA) is 82.3 Å². The molecule has 0 aliphatic heterocycles. The summed E-state index contributed by atoms with van der Waals surface area (Å²) < 4.78 is 10.6. The zero-order valence-electron chi connectivity index (χ0n) is 9.69. The first kappa shape index (κ1) is 12.7. The summed E-state index contributed by atoms with van der Waals surface area (Å²) in [6.07, 6.45) is 0.927. The molecule has 0 aliphatic carbocycles. The molecule has 0 amide bonds. The summed E-state index contributed by atoms with van der Waals surface area (Å²) >= 11 is 0. The predicted molar refractivity (Wildman–Crippen MR) is 61.0 cm³/mol. The van der Waals surface area contributed by atoms with Gasteiger partial charge in [0, 0.05) is 12.7 Å². The van der Waals surface area contributed by atoms with Crippen molar-refractivity contribution in [3.05, 3.63) is 11.9 Å². The average Bonchev–Trinajstić information content (AvgIpc) is 2.33. The van der Waals surface area contributed by atoms with Crippen LogP contribution in [-0.2, 0) is 11.3 Å². The highest BCUT2D eigenvalue weighted by molar-refractivity contribution is 5.36. The Morgan fingerprint density at radius 1 is 1.38 bits per heavy atom. The Morgan fingerprint density at radius 3 is 2.81 bits per heavy atom. The van der Waals surface area contributed by atoms with E-state index in [1.807, 2.05) is 13.8 Å². The minimum Gasteiger partial charge on any atom is -0.478 e. The third kappa shape index (κ3) is 4.00. The number of hydrogen-bond donors (Lipinski definition) is 2. The van der Waals surface area contributed by atoms with Crippen LogP contribution in [0.5, 0.6) is 5.88 Å². The van der Waals surface area contributed by atoms with Crippen LogP contribution in [0.2, 0.25) is 0 Å². The monoisotopic (exact) mass is 226 g/mol. The Bertz CT molecular complexity index is 293. The van der Waals surface area contributed by atoms with E-state index < -0.39 is 0 Å². The van der Waals surface area contributed by atoms with Gasteiger partial charge in [-0.2, -0.15) is 4.98 Å². The number of anilines is 1. The third-order valence-electron chi connectivity index (χ3n) is 1.79. The fourth-order valence-corrected chi connectivity index (χ4v) is 1.09. The summed E-state index contributed by atoms with van der Waals surface area (Å²) in [7, 11) is 0. The minimum absolute atomic E-state index is 0.356. The maximum atomic E-state index is 5.42. The summed E-state index contributed by atoms with van der Waals surface area (Å²) in [5, 5.41) is 0. The fourth-order valence-electron chi connectivity index (χ4n) is 1.09. The third-order valence-corrected chi connectivity index (χ3v) is 1.79. The normalized spacial score (nSPS) is 10.2. The number of nitrogens with two attached hydrogens (primary N) is 1. The number of nitrogen functional groups attached to an aromatic ring is 1. The van der Waals surface area contributed by atoms with E-state index in [4.69, 9.17) is 15.3 Å². The highest BCUT2D eigenvalue weighted by atomic mass is 16.5. The second kappa shape index (κ2) is 6.97. The van der Waals surface area contributed by atoms with Gasteiger partial charge in [-0.05, 0) is 13.3 Å². The standard InChI is InChI=1S/C10H18N4O2/c1-3-5-16-10-6-8(14-11)12-9(13-10)7-15-4-2/h6H,3-5,7,11H2,1-2H3,(H,12,13,14). The molecule has 0 unspecified atom stereocenters. The maximum Gasteiger partial charge on any atom is 0.218 e. The van der Waals surface area contributed by atoms with Crippen molar-refractivity contribution in [1.29, 1.82) is 0 Å². The van der Waals surface area contributed by atoms with Crippen LogP contribution in [0.4, 0.5) is 5.82 Å². The molecule has 0 fully saturated rings. The molecule has 3 N–H and O–H groups in total. The van der Waals surface area contributed by atoms with Crippen molar-refractivity contribution in [2.75, 3.05) is 18.6 Å². The molecule has 0 saturated heterocycles. The molecular formula is C10H18N4O2. The molecule has 0 radical (unpaired) electrons. The van der Waals surface area contributed by atoms with Crippen molar-refractivity contribution < 1.29 is 9.47 Å². The Kier molecular flexibility index (Phi) is 5.52. The van der Waals surface area contributed by atoms with Gasteiger partial charge in [0.15, 0.2) is 5.82 Å². The Labute approximate surface area is 95.1 Å². The number of aromatic nitrogens is 2. The molecule has 1 heterocycles. The lowest BCUT2D eigenvalue weighted by atomic mass is 10.5. The molecule has 0 aromatic carbocycles. The van der Waals surface area contributed by atoms with E-state index in [0.29, 0.717) is 37.3 Å². The second-order valence-corrected chi connectivity index (χ2v) is 3.14. The highest BCUT2D eigenvalue weighted by Gasteiger charge is 2.04. The van der Waals surface area contributed by atoms with E-state index in [-0.39, 0.29) is 0 Å². The average molecular weight is 226 g/mol. The van der Waals surface area contributed by atoms with Gasteiger partial charge in [0.1, 0.15) is 12.4 Å². The van der Waals surface area contributed by atoms with Gasteiger partial charge < -0.3 is 14.9 Å². The maximum absolute atomic E-state index is 5.42. The lowest BCUT2D eigenvalue weighted by molar-refractivity contribution is 0.127. The molecule has 6 heteroatoms. The lowest BCUT2D eigenvalue weighted by Gasteiger charge is -2.08. The first-order valence-electron chi connectivity index (χ1n) is 5.35. The summed E-state index contributed by atoms with van der Waals surface area (Å²) in [6.45, 7) is 5.54. The van der Waals surface area contributed by atoms with Gasteiger partial charge >= 0.3 is 0 Å². The van der Waals surface area contributed by atoms with Crippen molar-refractivity contribution in [3.8, 4) is 5.88 Å². The van der Waals surface area contributed by atoms with Gasteiger partial charge in [0.2, 0.25) is 5.88 Å². The van der Waals surface area contributed by atoms with Crippen LogP contribution < -0.4 is 16.0 Å². The van der Waals surface area contributed by atoms with Crippen LogP contribution >= 0.6 is 0 Å². The Balaban J connectivity index is 2.74. The Morgan fingerprint density at radius 2 is 2.19 bits per heavy atom. The van der Waals surface area contributed by atoms with Crippen molar-refractivity contribution >= 4 is 5.82 Å². The van der Waals surface area contributed by atoms with E-state index in [2.05, 4.69) is 15.4 Å². The number of rotatable bonds is 7. The molecule has 16 heavy (non-hydrogen) atoms. The summed E-state index contributed by atoms with van der Waals surface area (Å²) in [4.78, 5) is 8.35. The molecule has 0 aliphatic rings. The summed E-state index contributed by atoms with van der Waals surface area (Å²) in [5.74, 6) is 6.90. The number of hydrogen-bond acceptors (Lipinski definition) is 6. The van der Waals surface area contributed by atoms with E-state index in [1.54, 1.807) is 6.07 Å². The summed E-state index contributed by atoms with van der Waals surface area (Å²) in [6, 6.07) is 1.66. The van der Waals surface area contributed by atoms with Gasteiger partial charge in [-0.3, -0.25) is 0 Å². The van der Waals surface area contributed by atoms with Crippen LogP contribution in [0, 0.1) is 0 Å². The summed E-state index contributed by atoms with van der Waals surface area (Å²) in [5.41, 5.74) is 2.47. The molecule has 0 saturated carbocycles. The molecule has 90 valence electrons.